The van der Waals surface area contributed by atoms with Gasteiger partial charge in [-0.2, -0.15) is 0 Å². The molecule has 0 unspecified atom stereocenters. The van der Waals surface area contributed by atoms with Crippen LogP contribution in [0, 0.1) is 0 Å². The molecule has 0 amide bonds. The van der Waals surface area contributed by atoms with Crippen LogP contribution in [0.4, 0.5) is 5.69 Å². The van der Waals surface area contributed by atoms with Gasteiger partial charge in [0.2, 0.25) is 0 Å². The molecule has 0 aliphatic rings. The molecule has 1 heterocycles. The lowest BCUT2D eigenvalue weighted by atomic mass is 10.3. The highest BCUT2D eigenvalue weighted by Crippen LogP contribution is 2.27. The summed E-state index contributed by atoms with van der Waals surface area (Å²) in [6, 6.07) is 10.2. The van der Waals surface area contributed by atoms with Gasteiger partial charge in [-0.3, -0.25) is 0 Å². The number of anilines is 1. The molecule has 0 aliphatic heterocycles. The highest BCUT2D eigenvalue weighted by atomic mass is 32.2. The van der Waals surface area contributed by atoms with Crippen molar-refractivity contribution in [2.75, 3.05) is 11.1 Å². The van der Waals surface area contributed by atoms with Crippen molar-refractivity contribution in [2.45, 2.75) is 11.4 Å². The second-order valence-corrected chi connectivity index (χ2v) is 4.71. The molecule has 0 bridgehead atoms. The molecule has 0 spiro atoms. The van der Waals surface area contributed by atoms with E-state index in [2.05, 4.69) is 34.0 Å². The summed E-state index contributed by atoms with van der Waals surface area (Å²) in [5.74, 6) is 0.909. The van der Waals surface area contributed by atoms with E-state index in [9.17, 15) is 0 Å². The predicted octanol–water partition coefficient (Wildman–Crippen LogP) is 3.37. The Labute approximate surface area is 111 Å². The van der Waals surface area contributed by atoms with Crippen molar-refractivity contribution in [2.24, 2.45) is 0 Å². The van der Waals surface area contributed by atoms with Gasteiger partial charge in [0, 0.05) is 22.5 Å². The van der Waals surface area contributed by atoms with Crippen molar-refractivity contribution >= 4 is 17.4 Å². The van der Waals surface area contributed by atoms with Gasteiger partial charge in [-0.15, -0.1) is 18.3 Å². The Hall–Kier alpha value is -1.81. The average molecular weight is 257 g/mol. The van der Waals surface area contributed by atoms with Gasteiger partial charge in [0.15, 0.2) is 0 Å². The van der Waals surface area contributed by atoms with Gasteiger partial charge >= 0.3 is 0 Å². The summed E-state index contributed by atoms with van der Waals surface area (Å²) in [4.78, 5) is 9.32. The van der Waals surface area contributed by atoms with Crippen molar-refractivity contribution in [1.29, 1.82) is 0 Å². The van der Waals surface area contributed by atoms with Crippen LogP contribution in [0.3, 0.4) is 0 Å². The van der Waals surface area contributed by atoms with Crippen LogP contribution in [-0.4, -0.2) is 15.7 Å². The molecule has 92 valence electrons. The van der Waals surface area contributed by atoms with Crippen LogP contribution >= 0.6 is 11.8 Å². The number of nitrogens with zero attached hydrogens (tertiary/aromatic N) is 2. The van der Waals surface area contributed by atoms with Crippen LogP contribution in [-0.2, 0) is 6.54 Å². The first-order valence-corrected chi connectivity index (χ1v) is 6.70. The van der Waals surface area contributed by atoms with E-state index in [1.54, 1.807) is 24.3 Å². The highest BCUT2D eigenvalue weighted by molar-refractivity contribution is 7.99. The number of hydrogen-bond donors (Lipinski definition) is 1. The number of rotatable bonds is 6. The van der Waals surface area contributed by atoms with E-state index in [1.807, 2.05) is 24.3 Å². The Morgan fingerprint density at radius 1 is 1.28 bits per heavy atom. The summed E-state index contributed by atoms with van der Waals surface area (Å²) in [6.07, 6.45) is 5.23. The Kier molecular flexibility index (Phi) is 4.78. The van der Waals surface area contributed by atoms with Crippen LogP contribution in [0.2, 0.25) is 0 Å². The smallest absolute Gasteiger partial charge is 0.115 e. The number of hydrogen-bond acceptors (Lipinski definition) is 4. The van der Waals surface area contributed by atoms with Crippen LogP contribution < -0.4 is 5.32 Å². The fourth-order valence-electron chi connectivity index (χ4n) is 1.50. The summed E-state index contributed by atoms with van der Waals surface area (Å²) in [5.41, 5.74) is 2.11. The minimum atomic E-state index is 0.703. The van der Waals surface area contributed by atoms with Gasteiger partial charge in [-0.25, -0.2) is 9.97 Å². The fraction of sp³-hybridized carbons (Fsp3) is 0.143. The molecular weight excluding hydrogens is 242 g/mol. The van der Waals surface area contributed by atoms with E-state index in [1.165, 1.54) is 4.90 Å². The topological polar surface area (TPSA) is 37.8 Å². The van der Waals surface area contributed by atoms with Crippen LogP contribution in [0.25, 0.3) is 0 Å². The van der Waals surface area contributed by atoms with Gasteiger partial charge in [0.25, 0.3) is 0 Å². The SMILES string of the molecule is C=CCSc1ccccc1NCc1ccncn1. The van der Waals surface area contributed by atoms with Crippen LogP contribution in [0.15, 0.2) is 60.4 Å². The number of para-hydroxylation sites is 1. The van der Waals surface area contributed by atoms with E-state index in [-0.39, 0.29) is 0 Å². The quantitative estimate of drug-likeness (QED) is 0.636. The molecule has 0 saturated heterocycles. The first kappa shape index (κ1) is 12.6. The zero-order valence-corrected chi connectivity index (χ0v) is 10.9. The second kappa shape index (κ2) is 6.81. The predicted molar refractivity (Wildman–Crippen MR) is 76.7 cm³/mol. The largest absolute Gasteiger partial charge is 0.378 e. The molecule has 3 nitrogen and oxygen atoms in total. The van der Waals surface area contributed by atoms with Gasteiger partial charge in [-0.05, 0) is 18.2 Å². The van der Waals surface area contributed by atoms with Crippen molar-refractivity contribution in [1.82, 2.24) is 9.97 Å². The Balaban J connectivity index is 2.02. The number of benzene rings is 1. The van der Waals surface area contributed by atoms with Gasteiger partial charge in [0.05, 0.1) is 12.2 Å². The summed E-state index contributed by atoms with van der Waals surface area (Å²) >= 11 is 1.77. The lowest BCUT2D eigenvalue weighted by molar-refractivity contribution is 1.00. The molecule has 1 aromatic carbocycles. The Morgan fingerprint density at radius 2 is 2.17 bits per heavy atom. The Morgan fingerprint density at radius 3 is 2.94 bits per heavy atom. The van der Waals surface area contributed by atoms with Crippen molar-refractivity contribution in [3.63, 3.8) is 0 Å². The molecular formula is C14H15N3S. The molecule has 1 N–H and O–H groups in total. The van der Waals surface area contributed by atoms with E-state index in [0.717, 1.165) is 17.1 Å². The zero-order chi connectivity index (χ0) is 12.6. The Bertz CT molecular complexity index is 499. The van der Waals surface area contributed by atoms with Crippen molar-refractivity contribution < 1.29 is 0 Å². The molecule has 0 radical (unpaired) electrons. The molecule has 4 heteroatoms. The summed E-state index contributed by atoms with van der Waals surface area (Å²) in [6.45, 7) is 4.44. The van der Waals surface area contributed by atoms with E-state index in [4.69, 9.17) is 0 Å². The molecule has 0 fully saturated rings. The third-order valence-corrected chi connectivity index (χ3v) is 3.42. The third kappa shape index (κ3) is 3.60. The molecule has 0 saturated carbocycles. The number of nitrogens with one attached hydrogen (secondary N) is 1. The monoisotopic (exact) mass is 257 g/mol. The van der Waals surface area contributed by atoms with E-state index < -0.39 is 0 Å². The lowest BCUT2D eigenvalue weighted by Crippen LogP contribution is -2.02. The first-order chi connectivity index (χ1) is 8.90. The van der Waals surface area contributed by atoms with Gasteiger partial charge in [0.1, 0.15) is 6.33 Å². The maximum atomic E-state index is 4.19. The van der Waals surface area contributed by atoms with Crippen molar-refractivity contribution in [3.05, 3.63) is 61.2 Å². The second-order valence-electron chi connectivity index (χ2n) is 3.65. The molecule has 18 heavy (non-hydrogen) atoms. The molecule has 0 atom stereocenters. The molecule has 1 aromatic heterocycles. The first-order valence-electron chi connectivity index (χ1n) is 5.71. The maximum absolute atomic E-state index is 4.19. The minimum absolute atomic E-state index is 0.703. The van der Waals surface area contributed by atoms with Crippen LogP contribution in [0.1, 0.15) is 5.69 Å². The minimum Gasteiger partial charge on any atom is -0.378 e. The summed E-state index contributed by atoms with van der Waals surface area (Å²) < 4.78 is 0. The van der Waals surface area contributed by atoms with E-state index >= 15 is 0 Å². The fourth-order valence-corrected chi connectivity index (χ4v) is 2.26. The highest BCUT2D eigenvalue weighted by Gasteiger charge is 2.01. The summed E-state index contributed by atoms with van der Waals surface area (Å²) in [5, 5.41) is 3.39. The molecule has 2 rings (SSSR count). The van der Waals surface area contributed by atoms with Crippen LogP contribution in [0.5, 0.6) is 0 Å². The average Bonchev–Trinajstić information content (AvgIpc) is 2.45. The van der Waals surface area contributed by atoms with Gasteiger partial charge in [-0.1, -0.05) is 18.2 Å². The number of thioether (sulfide) groups is 1. The molecule has 0 aliphatic carbocycles. The maximum Gasteiger partial charge on any atom is 0.115 e. The standard InChI is InChI=1S/C14H15N3S/c1-2-9-18-14-6-4-3-5-13(14)16-10-12-7-8-15-11-17-12/h2-8,11,16H,1,9-10H2. The van der Waals surface area contributed by atoms with Gasteiger partial charge < -0.3 is 5.32 Å². The van der Waals surface area contributed by atoms with E-state index in [0.29, 0.717) is 6.54 Å². The normalized spacial score (nSPS) is 10.0. The lowest BCUT2D eigenvalue weighted by Gasteiger charge is -2.10. The summed E-state index contributed by atoms with van der Waals surface area (Å²) in [7, 11) is 0. The van der Waals surface area contributed by atoms with Crippen molar-refractivity contribution in [3.8, 4) is 0 Å². The third-order valence-electron chi connectivity index (χ3n) is 2.35. The molecule has 2 aromatic rings. The zero-order valence-electron chi connectivity index (χ0n) is 10.0. The number of aromatic nitrogens is 2.